The molecule has 13 aromatic rings. The summed E-state index contributed by atoms with van der Waals surface area (Å²) >= 11 is 0. The summed E-state index contributed by atoms with van der Waals surface area (Å²) in [5.74, 6) is 1.90. The van der Waals surface area contributed by atoms with E-state index in [-0.39, 0.29) is 132 Å². The van der Waals surface area contributed by atoms with Crippen molar-refractivity contribution >= 4 is 322 Å². The molecule has 4 N–H and O–H groups in total. The number of aromatic nitrogens is 2. The fraction of sp³-hybridized carbons (Fsp3) is 0.100. The van der Waals surface area contributed by atoms with Gasteiger partial charge in [-0.25, -0.2) is 0 Å². The van der Waals surface area contributed by atoms with Crippen molar-refractivity contribution < 1.29 is 4.74 Å². The van der Waals surface area contributed by atoms with Gasteiger partial charge in [0.05, 0.1) is 33.2 Å². The van der Waals surface area contributed by atoms with Crippen LogP contribution in [0.25, 0.3) is 82.1 Å². The quantitative estimate of drug-likeness (QED) is 0.142. The molecule has 36 radical (unpaired) electrons. The number of rotatable bonds is 7. The van der Waals surface area contributed by atoms with E-state index in [4.69, 9.17) is 152 Å². The number of anilines is 2. The Bertz CT molecular complexity index is 5910. The van der Waals surface area contributed by atoms with Crippen LogP contribution in [0.4, 0.5) is 11.4 Å². The summed E-state index contributed by atoms with van der Waals surface area (Å²) in [7, 11) is 130. The van der Waals surface area contributed by atoms with Gasteiger partial charge in [0, 0.05) is 49.3 Å². The maximum atomic E-state index is 8.13. The molecule has 0 saturated heterocycles. The van der Waals surface area contributed by atoms with Crippen molar-refractivity contribution in [3.05, 3.63) is 208 Å². The third-order valence-electron chi connectivity index (χ3n) is 21.3. The molecule has 0 saturated carbocycles. The fourth-order valence-electron chi connectivity index (χ4n) is 16.1. The topological polar surface area (TPSA) is 68.0 Å². The van der Waals surface area contributed by atoms with Gasteiger partial charge in [-0.2, -0.15) is 0 Å². The van der Waals surface area contributed by atoms with E-state index in [2.05, 4.69) is 128 Å². The predicted molar refractivity (Wildman–Crippen MR) is 455 cm³/mol. The predicted octanol–water partition coefficient (Wildman–Crippen LogP) is -1.04. The minimum Gasteiger partial charge on any atom is -0.457 e. The van der Waals surface area contributed by atoms with Gasteiger partial charge in [-0.05, 0) is 117 Å². The Morgan fingerprint density at radius 1 is 0.417 bits per heavy atom. The zero-order valence-electron chi connectivity index (χ0n) is 57.4. The minimum atomic E-state index is -2.54. The van der Waals surface area contributed by atoms with Gasteiger partial charge >= 0.3 is 0 Å². The second kappa shape index (κ2) is 25.0. The van der Waals surface area contributed by atoms with Crippen LogP contribution in [0.1, 0.15) is 66.6 Å². The molecular weight excluding hydrogens is 1230 g/mol. The van der Waals surface area contributed by atoms with Crippen LogP contribution in [0.3, 0.4) is 0 Å². The summed E-state index contributed by atoms with van der Waals surface area (Å²) in [6.07, 6.45) is 8.62. The Kier molecular flexibility index (Phi) is 16.9. The van der Waals surface area contributed by atoms with Crippen LogP contribution in [0, 0.1) is 12.3 Å². The summed E-state index contributed by atoms with van der Waals surface area (Å²) in [6.45, 7) is 10.4. The number of aromatic amines is 1. The van der Waals surface area contributed by atoms with Crippen LogP contribution in [0.15, 0.2) is 169 Å². The first-order valence-corrected chi connectivity index (χ1v) is 33.3. The van der Waals surface area contributed by atoms with Gasteiger partial charge in [-0.3, -0.25) is 4.57 Å². The molecule has 0 bridgehead atoms. The number of para-hydroxylation sites is 3. The molecule has 0 aliphatic carbocycles. The first kappa shape index (κ1) is 69.5. The van der Waals surface area contributed by atoms with Crippen molar-refractivity contribution in [2.24, 2.45) is 11.1 Å². The molecule has 103 heavy (non-hydrogen) atoms. The number of fused-ring (bicyclic) bond motifs is 12. The van der Waals surface area contributed by atoms with E-state index in [9.17, 15) is 0 Å². The van der Waals surface area contributed by atoms with Crippen molar-refractivity contribution in [1.82, 2.24) is 9.55 Å². The molecule has 23 heteroatoms. The Hall–Kier alpha value is -9.19. The first-order valence-electron chi connectivity index (χ1n) is 33.3. The molecule has 2 aliphatic rings. The number of nitrogens with zero attached hydrogens (tertiary/aromatic N) is 1. The highest BCUT2D eigenvalue weighted by Gasteiger charge is 2.48. The highest BCUT2D eigenvalue weighted by Crippen LogP contribution is 2.56. The summed E-state index contributed by atoms with van der Waals surface area (Å²) in [5, 5.41) is 11.1. The Labute approximate surface area is 624 Å². The molecule has 0 fully saturated rings. The lowest BCUT2D eigenvalue weighted by Gasteiger charge is -2.49. The van der Waals surface area contributed by atoms with Gasteiger partial charge in [-0.15, -0.1) is 71.0 Å². The molecule has 4 heterocycles. The van der Waals surface area contributed by atoms with E-state index in [1.807, 2.05) is 78.9 Å². The smallest absolute Gasteiger partial charge is 0.134 e. The van der Waals surface area contributed by atoms with Crippen molar-refractivity contribution in [3.63, 3.8) is 0 Å². The summed E-state index contributed by atoms with van der Waals surface area (Å²) in [6, 6.07) is 46.8. The normalized spacial score (nSPS) is 15.7. The lowest BCUT2D eigenvalue weighted by atomic mass is 9.43. The Morgan fingerprint density at radius 2 is 0.845 bits per heavy atom. The van der Waals surface area contributed by atoms with E-state index in [1.54, 1.807) is 6.92 Å². The van der Waals surface area contributed by atoms with Crippen LogP contribution < -0.4 is 114 Å². The van der Waals surface area contributed by atoms with Crippen molar-refractivity contribution in [2.45, 2.75) is 45.4 Å². The highest BCUT2D eigenvalue weighted by molar-refractivity contribution is 6.70. The number of nitrogens with one attached hydrogen (secondary N) is 2. The Morgan fingerprint density at radius 3 is 1.39 bits per heavy atom. The minimum absolute atomic E-state index is 0.0496. The van der Waals surface area contributed by atoms with E-state index in [1.165, 1.54) is 0 Å². The van der Waals surface area contributed by atoms with Crippen molar-refractivity contribution in [3.8, 4) is 22.6 Å². The molecule has 5 nitrogen and oxygen atoms in total. The fourth-order valence-corrected chi connectivity index (χ4v) is 16.1. The van der Waals surface area contributed by atoms with Crippen LogP contribution in [0.5, 0.6) is 11.5 Å². The lowest BCUT2D eigenvalue weighted by molar-refractivity contribution is 0.433. The molecule has 11 aromatic carbocycles. The number of benzene rings is 11. The zero-order chi connectivity index (χ0) is 73.3. The average molecular weight is 1270 g/mol. The highest BCUT2D eigenvalue weighted by atomic mass is 16.5. The van der Waals surface area contributed by atoms with Crippen LogP contribution in [-0.4, -0.2) is 151 Å². The molecule has 15 rings (SSSR count). The number of hydrogen-bond donors (Lipinski definition) is 3. The number of hydrogen-bond acceptors (Lipinski definition) is 3. The number of nitrogens with two attached hydrogens (primary N) is 1. The third kappa shape index (κ3) is 10.1. The number of ether oxygens (including phenoxy) is 1. The van der Waals surface area contributed by atoms with Gasteiger partial charge in [0.2, 0.25) is 0 Å². The van der Waals surface area contributed by atoms with E-state index < -0.39 is 10.8 Å². The average Bonchev–Trinajstić information content (AvgIpc) is 0.774. The van der Waals surface area contributed by atoms with E-state index in [0.717, 1.165) is 71.1 Å². The van der Waals surface area contributed by atoms with Crippen molar-refractivity contribution in [2.75, 3.05) is 5.32 Å². The van der Waals surface area contributed by atoms with Gasteiger partial charge in [0.1, 0.15) is 159 Å². The summed E-state index contributed by atoms with van der Waals surface area (Å²) in [4.78, 5) is 4.05. The Balaban J connectivity index is 1.09. The molecule has 2 aromatic heterocycles. The molecule has 0 amide bonds. The largest absolute Gasteiger partial charge is 0.457 e. The molecule has 2 aliphatic heterocycles. The van der Waals surface area contributed by atoms with Gasteiger partial charge in [-0.1, -0.05) is 175 Å². The van der Waals surface area contributed by atoms with E-state index >= 15 is 0 Å². The summed E-state index contributed by atoms with van der Waals surface area (Å²) < 4.78 is 9.33. The number of allylic oxidation sites excluding steroid dienone is 5. The van der Waals surface area contributed by atoms with Gasteiger partial charge in [0.25, 0.3) is 0 Å². The molecule has 1 unspecified atom stereocenters. The second-order valence-electron chi connectivity index (χ2n) is 28.0. The van der Waals surface area contributed by atoms with Gasteiger partial charge < -0.3 is 20.8 Å². The number of H-pyrrole nitrogens is 1. The molecule has 1 atom stereocenters. The maximum Gasteiger partial charge on any atom is 0.134 e. The van der Waals surface area contributed by atoms with Crippen molar-refractivity contribution in [1.29, 1.82) is 0 Å². The van der Waals surface area contributed by atoms with Crippen LogP contribution >= 0.6 is 0 Å². The lowest BCUT2D eigenvalue weighted by Crippen LogP contribution is -2.68. The monoisotopic (exact) mass is 1280 g/mol. The van der Waals surface area contributed by atoms with Gasteiger partial charge in [0.15, 0.2) is 0 Å². The SMILES string of the molecule is [B]c1c([B])c([B])c(C(c2c([B])c([B])c([B])c([B])c2[B])(c2c([B])c([B])c(C)c([B])c2[B])c2c([B])c([B])c([B])c(-c3cccc4c3[nH]c3c(Nc5cccc6c5C5(C)/C=C/C=C(C(C)(C)C)\C=C(/N)n7c8ccccc8c8ccc(c5c87)O6)cccc3c3ccccc3c3ccccc43)c2[B])c([B])c1[B]. The van der Waals surface area contributed by atoms with Crippen LogP contribution in [0.2, 0.25) is 0 Å². The third-order valence-corrected chi connectivity index (χ3v) is 21.3. The standard InChI is InChI=1S/C80H46B18N4O/c1-33-57(81)61(85)54(62(86)58(33)82)80(55-64(88)69(93)73(97)70(94)65(55)89,56-66(90)71(95)74(98)72(96)67(56)91)53-59(83)50(60(84)68(92)63(53)87)43-24-12-22-40-37-19-8-6-17-35(37)36-18-7-9-20-38(36)41-23-13-26-45(76(41)101-75(40)43)100-44-25-14-28-47-51(44)79(5)31-15-16-34(78(2,3)4)32-49(99)102-46-27-11-10-21-39(46)42-29-30-48(103-47)52(79)77(42)102/h6-32,100-101H,99H2,1-5H3/b31-15+,34-16+,49-32+. The maximum absolute atomic E-state index is 8.13. The summed E-state index contributed by atoms with van der Waals surface area (Å²) in [5.41, 5.74) is 6.98. The molecule has 446 valence electrons. The molecular formula is C80H46B18N4O. The van der Waals surface area contributed by atoms with Crippen LogP contribution in [-0.2, 0) is 10.8 Å². The molecule has 0 spiro atoms. The second-order valence-corrected chi connectivity index (χ2v) is 28.0. The van der Waals surface area contributed by atoms with E-state index in [0.29, 0.717) is 50.6 Å². The zero-order valence-corrected chi connectivity index (χ0v) is 57.4. The first-order chi connectivity index (χ1) is 49.0.